The highest BCUT2D eigenvalue weighted by Crippen LogP contribution is 2.40. The van der Waals surface area contributed by atoms with Gasteiger partial charge in [-0.1, -0.05) is 24.6 Å². The third kappa shape index (κ3) is 5.70. The van der Waals surface area contributed by atoms with E-state index in [4.69, 9.17) is 0 Å². The molecule has 3 N–H and O–H groups in total. The molecular weight excluding hydrogens is 471 g/mol. The molecule has 1 saturated carbocycles. The summed E-state index contributed by atoms with van der Waals surface area (Å²) in [6.45, 7) is 4.61. The highest BCUT2D eigenvalue weighted by atomic mass is 19.4. The average Bonchev–Trinajstić information content (AvgIpc) is 3.12. The van der Waals surface area contributed by atoms with Gasteiger partial charge in [-0.3, -0.25) is 10.2 Å². The summed E-state index contributed by atoms with van der Waals surface area (Å²) in [6, 6.07) is 10.5. The molecule has 4 rings (SSSR count). The van der Waals surface area contributed by atoms with E-state index in [1.54, 1.807) is 25.1 Å². The smallest absolute Gasteiger partial charge is 0.401 e. The van der Waals surface area contributed by atoms with Crippen LogP contribution in [0.5, 0.6) is 5.75 Å². The van der Waals surface area contributed by atoms with Crippen LogP contribution in [0.4, 0.5) is 24.5 Å². The van der Waals surface area contributed by atoms with Crippen molar-refractivity contribution in [2.24, 2.45) is 10.2 Å². The molecule has 1 amide bonds. The van der Waals surface area contributed by atoms with E-state index in [1.807, 2.05) is 32.0 Å². The lowest BCUT2D eigenvalue weighted by Crippen LogP contribution is -2.39. The number of para-hydroxylation sites is 1. The van der Waals surface area contributed by atoms with Crippen LogP contribution in [0.25, 0.3) is 0 Å². The number of benzene rings is 2. The van der Waals surface area contributed by atoms with Crippen molar-refractivity contribution in [2.45, 2.75) is 64.6 Å². The van der Waals surface area contributed by atoms with Crippen LogP contribution in [0.3, 0.4) is 0 Å². The number of halogens is 3. The average molecular weight is 502 g/mol. The summed E-state index contributed by atoms with van der Waals surface area (Å²) < 4.78 is 37.8. The number of hydrazone groups is 2. The first kappa shape index (κ1) is 25.7. The van der Waals surface area contributed by atoms with Crippen LogP contribution in [0, 0.1) is 13.8 Å². The summed E-state index contributed by atoms with van der Waals surface area (Å²) >= 11 is 0. The minimum atomic E-state index is -4.26. The van der Waals surface area contributed by atoms with Gasteiger partial charge < -0.3 is 10.4 Å². The lowest BCUT2D eigenvalue weighted by molar-refractivity contribution is -0.126. The third-order valence-corrected chi connectivity index (χ3v) is 6.78. The molecule has 1 fully saturated rings. The molecule has 10 heteroatoms. The minimum absolute atomic E-state index is 0.0191. The normalized spacial score (nSPS) is 21.7. The van der Waals surface area contributed by atoms with E-state index in [-0.39, 0.29) is 29.3 Å². The van der Waals surface area contributed by atoms with Gasteiger partial charge in [0.15, 0.2) is 5.71 Å². The molecule has 1 aliphatic carbocycles. The predicted molar refractivity (Wildman–Crippen MR) is 135 cm³/mol. The Balaban J connectivity index is 1.48. The molecule has 2 atom stereocenters. The number of rotatable bonds is 6. The molecule has 7 nitrogen and oxygen atoms in total. The molecule has 192 valence electrons. The van der Waals surface area contributed by atoms with Crippen LogP contribution in [0.2, 0.25) is 0 Å². The summed E-state index contributed by atoms with van der Waals surface area (Å²) in [6.07, 6.45) is -1.57. The zero-order valence-corrected chi connectivity index (χ0v) is 20.5. The van der Waals surface area contributed by atoms with Gasteiger partial charge in [0, 0.05) is 6.04 Å². The first-order chi connectivity index (χ1) is 17.0. The van der Waals surface area contributed by atoms with E-state index in [2.05, 4.69) is 20.9 Å². The van der Waals surface area contributed by atoms with Crippen molar-refractivity contribution < 1.29 is 23.1 Å². The SMILES string of the molecule is CC1=NN(c2ccc(C)c(C)c2)C(=O)C1=NNc1cccc(C2CCCC(NCC(F)(F)F)C2)c1O. The number of phenols is 1. The lowest BCUT2D eigenvalue weighted by Gasteiger charge is -2.31. The number of anilines is 2. The van der Waals surface area contributed by atoms with Gasteiger partial charge in [0.2, 0.25) is 0 Å². The Morgan fingerprint density at radius 2 is 1.92 bits per heavy atom. The van der Waals surface area contributed by atoms with E-state index in [1.165, 1.54) is 5.01 Å². The zero-order valence-electron chi connectivity index (χ0n) is 20.5. The molecule has 1 heterocycles. The Morgan fingerprint density at radius 1 is 1.14 bits per heavy atom. The molecule has 0 spiro atoms. The highest BCUT2D eigenvalue weighted by molar-refractivity contribution is 6.71. The van der Waals surface area contributed by atoms with Gasteiger partial charge in [-0.05, 0) is 80.8 Å². The summed E-state index contributed by atoms with van der Waals surface area (Å²) in [5, 5.41) is 23.4. The summed E-state index contributed by atoms with van der Waals surface area (Å²) in [5.74, 6) is -0.491. The Labute approximate surface area is 208 Å². The molecule has 0 aromatic heterocycles. The molecule has 1 aliphatic heterocycles. The van der Waals surface area contributed by atoms with Gasteiger partial charge in [0.05, 0.1) is 23.6 Å². The molecule has 2 unspecified atom stereocenters. The summed E-state index contributed by atoms with van der Waals surface area (Å²) in [7, 11) is 0. The monoisotopic (exact) mass is 501 g/mol. The van der Waals surface area contributed by atoms with Crippen molar-refractivity contribution in [3.63, 3.8) is 0 Å². The summed E-state index contributed by atoms with van der Waals surface area (Å²) in [4.78, 5) is 13.0. The van der Waals surface area contributed by atoms with Crippen molar-refractivity contribution in [3.05, 3.63) is 53.1 Å². The molecule has 0 saturated heterocycles. The maximum Gasteiger partial charge on any atom is 0.401 e. The van der Waals surface area contributed by atoms with Crippen molar-refractivity contribution in [3.8, 4) is 5.75 Å². The van der Waals surface area contributed by atoms with Crippen LogP contribution in [-0.2, 0) is 4.79 Å². The van der Waals surface area contributed by atoms with Crippen LogP contribution >= 0.6 is 0 Å². The Kier molecular flexibility index (Phi) is 7.35. The van der Waals surface area contributed by atoms with Crippen molar-refractivity contribution in [1.82, 2.24) is 5.32 Å². The van der Waals surface area contributed by atoms with Crippen molar-refractivity contribution in [1.29, 1.82) is 0 Å². The second-order valence-electron chi connectivity index (χ2n) is 9.44. The summed E-state index contributed by atoms with van der Waals surface area (Å²) in [5.41, 5.74) is 7.11. The quantitative estimate of drug-likeness (QED) is 0.366. The number of hydrogen-bond acceptors (Lipinski definition) is 6. The van der Waals surface area contributed by atoms with Crippen LogP contribution in [0.1, 0.15) is 55.2 Å². The van der Waals surface area contributed by atoms with Gasteiger partial charge in [-0.2, -0.15) is 28.4 Å². The molecule has 0 bridgehead atoms. The fourth-order valence-electron chi connectivity index (χ4n) is 4.67. The first-order valence-electron chi connectivity index (χ1n) is 12.0. The predicted octanol–water partition coefficient (Wildman–Crippen LogP) is 5.38. The number of aromatic hydroxyl groups is 1. The number of phenolic OH excluding ortho intramolecular Hbond substituents is 1. The Morgan fingerprint density at radius 3 is 2.64 bits per heavy atom. The molecule has 2 aromatic rings. The largest absolute Gasteiger partial charge is 0.505 e. The molecule has 2 aromatic carbocycles. The van der Waals surface area contributed by atoms with Gasteiger partial charge in [-0.15, -0.1) is 0 Å². The number of hydrogen-bond donors (Lipinski definition) is 3. The van der Waals surface area contributed by atoms with Gasteiger partial charge >= 0.3 is 12.1 Å². The maximum atomic E-state index is 13.0. The Hall–Kier alpha value is -3.40. The maximum absolute atomic E-state index is 13.0. The van der Waals surface area contributed by atoms with E-state index < -0.39 is 12.7 Å². The van der Waals surface area contributed by atoms with Crippen molar-refractivity contribution >= 4 is 28.7 Å². The number of aryl methyl sites for hydroxylation is 2. The number of nitrogens with zero attached hydrogens (tertiary/aromatic N) is 3. The van der Waals surface area contributed by atoms with E-state index in [0.717, 1.165) is 24.0 Å². The Bertz CT molecular complexity index is 1210. The first-order valence-corrected chi connectivity index (χ1v) is 12.0. The number of carbonyl (C=O) groups excluding carboxylic acids is 1. The lowest BCUT2D eigenvalue weighted by atomic mass is 9.81. The molecule has 0 radical (unpaired) electrons. The fourth-order valence-corrected chi connectivity index (χ4v) is 4.67. The molecular formula is C26H30F3N5O2. The number of alkyl halides is 3. The molecule has 36 heavy (non-hydrogen) atoms. The van der Waals surface area contributed by atoms with Gasteiger partial charge in [-0.25, -0.2) is 0 Å². The minimum Gasteiger partial charge on any atom is -0.505 e. The number of nitrogens with one attached hydrogen (secondary N) is 2. The van der Waals surface area contributed by atoms with Crippen LogP contribution < -0.4 is 15.8 Å². The standard InChI is InChI=1S/C26H30F3N5O2/c1-15-10-11-20(12-16(15)2)34-25(36)23(17(3)33-34)32-31-22-9-5-8-21(24(22)35)18-6-4-7-19(13-18)30-14-26(27,28)29/h5,8-12,18-19,30-31,35H,4,6-7,13-14H2,1-3H3. The topological polar surface area (TPSA) is 89.3 Å². The van der Waals surface area contributed by atoms with Gasteiger partial charge in [0.1, 0.15) is 5.75 Å². The number of amides is 1. The van der Waals surface area contributed by atoms with E-state index in [0.29, 0.717) is 35.5 Å². The van der Waals surface area contributed by atoms with Gasteiger partial charge in [0.25, 0.3) is 0 Å². The number of carbonyl (C=O) groups is 1. The van der Waals surface area contributed by atoms with Crippen LogP contribution in [0.15, 0.2) is 46.6 Å². The molecule has 2 aliphatic rings. The zero-order chi connectivity index (χ0) is 26.0. The van der Waals surface area contributed by atoms with Crippen LogP contribution in [-0.4, -0.2) is 41.2 Å². The fraction of sp³-hybridized carbons (Fsp3) is 0.423. The van der Waals surface area contributed by atoms with E-state index in [9.17, 15) is 23.1 Å². The second kappa shape index (κ2) is 10.3. The second-order valence-corrected chi connectivity index (χ2v) is 9.44. The van der Waals surface area contributed by atoms with E-state index >= 15 is 0 Å². The highest BCUT2D eigenvalue weighted by Gasteiger charge is 2.32. The van der Waals surface area contributed by atoms with Crippen molar-refractivity contribution in [2.75, 3.05) is 17.0 Å². The third-order valence-electron chi connectivity index (χ3n) is 6.78.